The van der Waals surface area contributed by atoms with Gasteiger partial charge in [-0.05, 0) is 12.8 Å². The first kappa shape index (κ1) is 23.1. The molecule has 3 amide bonds. The van der Waals surface area contributed by atoms with Gasteiger partial charge in [0.15, 0.2) is 5.96 Å². The van der Waals surface area contributed by atoms with E-state index in [4.69, 9.17) is 27.1 Å². The zero-order valence-corrected chi connectivity index (χ0v) is 14.1. The molecule has 26 heavy (non-hydrogen) atoms. The summed E-state index contributed by atoms with van der Waals surface area (Å²) in [6, 6.07) is -2.45. The first-order valence-corrected chi connectivity index (χ1v) is 7.69. The van der Waals surface area contributed by atoms with Gasteiger partial charge in [-0.1, -0.05) is 0 Å². The molecular formula is C13H25N7O6. The number of rotatable bonds is 12. The van der Waals surface area contributed by atoms with Crippen LogP contribution in [0.1, 0.15) is 12.8 Å². The number of hydrogen-bond acceptors (Lipinski definition) is 7. The second-order valence-corrected chi connectivity index (χ2v) is 5.17. The van der Waals surface area contributed by atoms with Crippen molar-refractivity contribution in [1.82, 2.24) is 21.3 Å². The zero-order chi connectivity index (χ0) is 20.1. The number of hydrogen-bond donors (Lipinski definition) is 9. The smallest absolute Gasteiger partial charge is 0.326 e. The van der Waals surface area contributed by atoms with Crippen LogP contribution in [0.2, 0.25) is 0 Å². The van der Waals surface area contributed by atoms with Gasteiger partial charge in [-0.15, -0.1) is 0 Å². The van der Waals surface area contributed by atoms with Gasteiger partial charge in [-0.2, -0.15) is 0 Å². The minimum Gasteiger partial charge on any atom is -0.480 e. The highest BCUT2D eigenvalue weighted by Gasteiger charge is 2.22. The lowest BCUT2D eigenvalue weighted by molar-refractivity contribution is -0.142. The van der Waals surface area contributed by atoms with Crippen molar-refractivity contribution >= 4 is 29.7 Å². The Morgan fingerprint density at radius 2 is 1.65 bits per heavy atom. The van der Waals surface area contributed by atoms with Crippen LogP contribution in [0.25, 0.3) is 0 Å². The molecule has 0 radical (unpaired) electrons. The molecule has 0 fully saturated rings. The third kappa shape index (κ3) is 10.0. The monoisotopic (exact) mass is 375 g/mol. The molecule has 0 aromatic carbocycles. The number of aliphatic hydroxyl groups is 1. The number of carboxylic acid groups (broad SMARTS) is 1. The number of guanidine groups is 1. The number of aliphatic hydroxyl groups excluding tert-OH is 1. The Labute approximate surface area is 149 Å². The van der Waals surface area contributed by atoms with E-state index >= 15 is 0 Å². The minimum atomic E-state index is -1.27. The lowest BCUT2D eigenvalue weighted by Crippen LogP contribution is -2.53. The summed E-state index contributed by atoms with van der Waals surface area (Å²) in [7, 11) is 0. The maximum atomic E-state index is 11.8. The van der Waals surface area contributed by atoms with Gasteiger partial charge >= 0.3 is 5.97 Å². The molecule has 0 bridgehead atoms. The molecule has 0 aliphatic carbocycles. The largest absolute Gasteiger partial charge is 0.480 e. The number of carbonyl (C=O) groups excluding carboxylic acids is 3. The van der Waals surface area contributed by atoms with Gasteiger partial charge in [0.25, 0.3) is 0 Å². The molecule has 0 heterocycles. The van der Waals surface area contributed by atoms with Crippen LogP contribution in [-0.4, -0.2) is 78.2 Å². The minimum absolute atomic E-state index is 0.0844. The van der Waals surface area contributed by atoms with Crippen molar-refractivity contribution in [3.63, 3.8) is 0 Å². The summed E-state index contributed by atoms with van der Waals surface area (Å²) in [6.45, 7) is -1.34. The molecule has 0 unspecified atom stereocenters. The van der Waals surface area contributed by atoms with Crippen molar-refractivity contribution in [3.05, 3.63) is 0 Å². The summed E-state index contributed by atoms with van der Waals surface area (Å²) in [5, 5.41) is 34.2. The fourth-order valence-corrected chi connectivity index (χ4v) is 1.77. The van der Waals surface area contributed by atoms with Crippen molar-refractivity contribution in [3.8, 4) is 0 Å². The van der Waals surface area contributed by atoms with E-state index in [1.54, 1.807) is 0 Å². The van der Waals surface area contributed by atoms with E-state index in [1.165, 1.54) is 0 Å². The van der Waals surface area contributed by atoms with E-state index in [0.29, 0.717) is 6.42 Å². The number of amides is 3. The number of nitrogens with two attached hydrogens (primary N) is 2. The highest BCUT2D eigenvalue weighted by molar-refractivity contribution is 5.91. The second kappa shape index (κ2) is 12.4. The predicted molar refractivity (Wildman–Crippen MR) is 89.8 cm³/mol. The van der Waals surface area contributed by atoms with Crippen LogP contribution in [0, 0.1) is 5.41 Å². The normalized spacial score (nSPS) is 12.4. The Morgan fingerprint density at radius 3 is 2.15 bits per heavy atom. The average Bonchev–Trinajstić information content (AvgIpc) is 2.59. The van der Waals surface area contributed by atoms with Crippen LogP contribution < -0.4 is 32.7 Å². The fraction of sp³-hybridized carbons (Fsp3) is 0.615. The van der Waals surface area contributed by atoms with E-state index in [1.807, 2.05) is 0 Å². The molecule has 0 aliphatic rings. The van der Waals surface area contributed by atoms with Crippen LogP contribution in [0.15, 0.2) is 0 Å². The zero-order valence-electron chi connectivity index (χ0n) is 14.1. The van der Waals surface area contributed by atoms with Gasteiger partial charge in [-0.3, -0.25) is 19.8 Å². The summed E-state index contributed by atoms with van der Waals surface area (Å²) in [4.78, 5) is 45.8. The SMILES string of the molecule is N=C(N)NCCC[C@H](NC(=O)CNC(=O)[C@H](CO)NC(=O)CN)C(=O)O. The number of nitrogens with one attached hydrogen (secondary N) is 5. The lowest BCUT2D eigenvalue weighted by atomic mass is 10.1. The Hall–Kier alpha value is -2.93. The first-order valence-electron chi connectivity index (χ1n) is 7.69. The van der Waals surface area contributed by atoms with Crippen LogP contribution >= 0.6 is 0 Å². The molecular weight excluding hydrogens is 350 g/mol. The van der Waals surface area contributed by atoms with Gasteiger partial charge in [0.05, 0.1) is 19.7 Å². The summed E-state index contributed by atoms with van der Waals surface area (Å²) in [5.41, 5.74) is 10.2. The molecule has 0 aromatic heterocycles. The first-order chi connectivity index (χ1) is 12.2. The molecule has 0 spiro atoms. The fourth-order valence-electron chi connectivity index (χ4n) is 1.77. The summed E-state index contributed by atoms with van der Waals surface area (Å²) in [5.74, 6) is -3.73. The molecule has 0 saturated heterocycles. The number of aliphatic carboxylic acids is 1. The predicted octanol–water partition coefficient (Wildman–Crippen LogP) is -4.63. The van der Waals surface area contributed by atoms with Gasteiger partial charge in [0, 0.05) is 6.54 Å². The molecule has 0 aliphatic heterocycles. The molecule has 2 atom stereocenters. The summed E-state index contributed by atoms with van der Waals surface area (Å²) >= 11 is 0. The van der Waals surface area contributed by atoms with Gasteiger partial charge in [0.2, 0.25) is 17.7 Å². The molecule has 0 rings (SSSR count). The van der Waals surface area contributed by atoms with Crippen molar-refractivity contribution in [2.45, 2.75) is 24.9 Å². The molecule has 0 aromatic rings. The molecule has 148 valence electrons. The third-order valence-corrected chi connectivity index (χ3v) is 3.06. The van der Waals surface area contributed by atoms with E-state index < -0.39 is 48.9 Å². The maximum Gasteiger partial charge on any atom is 0.326 e. The van der Waals surface area contributed by atoms with Crippen LogP contribution in [0.4, 0.5) is 0 Å². The van der Waals surface area contributed by atoms with Crippen molar-refractivity contribution < 1.29 is 29.4 Å². The Kier molecular flexibility index (Phi) is 11.0. The summed E-state index contributed by atoms with van der Waals surface area (Å²) < 4.78 is 0. The highest BCUT2D eigenvalue weighted by Crippen LogP contribution is 1.97. The van der Waals surface area contributed by atoms with Gasteiger partial charge in [-0.25, -0.2) is 4.79 Å². The molecule has 13 nitrogen and oxygen atoms in total. The van der Waals surface area contributed by atoms with Crippen molar-refractivity contribution in [2.75, 3.05) is 26.2 Å². The average molecular weight is 375 g/mol. The summed E-state index contributed by atoms with van der Waals surface area (Å²) in [6.07, 6.45) is 0.419. The second-order valence-electron chi connectivity index (χ2n) is 5.17. The standard InChI is InChI=1S/C13H25N7O6/c14-4-9(22)20-8(6-21)11(24)18-5-10(23)19-7(12(25)26)2-1-3-17-13(15)16/h7-8,21H,1-6,14H2,(H,18,24)(H,19,23)(H,20,22)(H,25,26)(H4,15,16,17)/t7-,8-/m0/s1. The quantitative estimate of drug-likeness (QED) is 0.0904. The Balaban J connectivity index is 4.37. The third-order valence-electron chi connectivity index (χ3n) is 3.06. The Morgan fingerprint density at radius 1 is 1.04 bits per heavy atom. The van der Waals surface area contributed by atoms with E-state index in [2.05, 4.69) is 21.3 Å². The Bertz CT molecular complexity index is 527. The van der Waals surface area contributed by atoms with Crippen LogP contribution in [0.5, 0.6) is 0 Å². The number of carbonyl (C=O) groups is 4. The van der Waals surface area contributed by atoms with Crippen LogP contribution in [0.3, 0.4) is 0 Å². The van der Waals surface area contributed by atoms with Crippen LogP contribution in [-0.2, 0) is 19.2 Å². The van der Waals surface area contributed by atoms with Gasteiger partial charge < -0.3 is 42.9 Å². The van der Waals surface area contributed by atoms with E-state index in [-0.39, 0.29) is 25.5 Å². The van der Waals surface area contributed by atoms with Gasteiger partial charge in [0.1, 0.15) is 12.1 Å². The van der Waals surface area contributed by atoms with Crippen molar-refractivity contribution in [1.29, 1.82) is 5.41 Å². The van der Waals surface area contributed by atoms with E-state index in [0.717, 1.165) is 0 Å². The molecule has 0 saturated carbocycles. The maximum absolute atomic E-state index is 11.8. The number of carboxylic acids is 1. The molecule has 11 N–H and O–H groups in total. The van der Waals surface area contributed by atoms with E-state index in [9.17, 15) is 19.2 Å². The lowest BCUT2D eigenvalue weighted by Gasteiger charge is -2.17. The highest BCUT2D eigenvalue weighted by atomic mass is 16.4. The van der Waals surface area contributed by atoms with Crippen molar-refractivity contribution in [2.24, 2.45) is 11.5 Å². The molecule has 13 heteroatoms. The topological polar surface area (TPSA) is 233 Å².